The van der Waals surface area contributed by atoms with Crippen molar-refractivity contribution in [1.82, 2.24) is 15.4 Å². The lowest BCUT2D eigenvalue weighted by molar-refractivity contribution is 0.262. The second kappa shape index (κ2) is 8.88. The van der Waals surface area contributed by atoms with E-state index in [1.54, 1.807) is 38.5 Å². The highest BCUT2D eigenvalue weighted by atomic mass is 16.5. The molecule has 0 aliphatic carbocycles. The van der Waals surface area contributed by atoms with Crippen LogP contribution in [-0.2, 0) is 6.61 Å². The molecule has 0 unspecified atom stereocenters. The van der Waals surface area contributed by atoms with E-state index in [1.807, 2.05) is 26.0 Å². The molecule has 0 bridgehead atoms. The van der Waals surface area contributed by atoms with Crippen molar-refractivity contribution in [3.63, 3.8) is 0 Å². The lowest BCUT2D eigenvalue weighted by atomic mass is 10.2. The molecular formula is C22H23N5O5. The Morgan fingerprint density at radius 3 is 2.44 bits per heavy atom. The second-order valence-corrected chi connectivity index (χ2v) is 7.05. The van der Waals surface area contributed by atoms with Gasteiger partial charge < -0.3 is 24.1 Å². The molecule has 0 aliphatic heterocycles. The smallest absolute Gasteiger partial charge is 0.324 e. The molecule has 0 saturated heterocycles. The van der Waals surface area contributed by atoms with Crippen molar-refractivity contribution in [2.75, 3.05) is 24.9 Å². The molecule has 2 aromatic carbocycles. The van der Waals surface area contributed by atoms with Gasteiger partial charge in [-0.3, -0.25) is 10.4 Å². The number of carbonyl (C=O) groups is 1. The maximum atomic E-state index is 12.6. The first-order chi connectivity index (χ1) is 15.5. The number of anilines is 2. The molecule has 0 fully saturated rings. The molecule has 32 heavy (non-hydrogen) atoms. The number of aryl methyl sites for hydroxylation is 2. The normalized spacial score (nSPS) is 10.8. The number of aromatic amines is 1. The number of hydrogen-bond acceptors (Lipinski definition) is 7. The Hall–Kier alpha value is -4.21. The summed E-state index contributed by atoms with van der Waals surface area (Å²) in [5, 5.41) is 17.2. The van der Waals surface area contributed by atoms with Gasteiger partial charge in [-0.25, -0.2) is 4.79 Å². The molecule has 4 aromatic rings. The SMILES string of the molecule is COc1cc(NC(=O)Nc2n[nH]c3ccc(OCc4c(C)noc4C)cc23)cc(OC)c1. The van der Waals surface area contributed by atoms with Gasteiger partial charge in [0.05, 0.1) is 31.0 Å². The zero-order valence-corrected chi connectivity index (χ0v) is 18.1. The van der Waals surface area contributed by atoms with Crippen molar-refractivity contribution >= 4 is 28.4 Å². The third-order valence-electron chi connectivity index (χ3n) is 4.94. The maximum Gasteiger partial charge on any atom is 0.324 e. The maximum absolute atomic E-state index is 12.6. The molecule has 0 radical (unpaired) electrons. The fourth-order valence-electron chi connectivity index (χ4n) is 3.19. The Morgan fingerprint density at radius 2 is 1.78 bits per heavy atom. The van der Waals surface area contributed by atoms with E-state index < -0.39 is 6.03 Å². The summed E-state index contributed by atoms with van der Waals surface area (Å²) in [5.74, 6) is 2.84. The van der Waals surface area contributed by atoms with Crippen LogP contribution in [0.4, 0.5) is 16.3 Å². The molecular weight excluding hydrogens is 414 g/mol. The molecule has 4 rings (SSSR count). The summed E-state index contributed by atoms with van der Waals surface area (Å²) < 4.78 is 21.5. The van der Waals surface area contributed by atoms with Gasteiger partial charge in [-0.1, -0.05) is 5.16 Å². The summed E-state index contributed by atoms with van der Waals surface area (Å²) in [6.45, 7) is 4.04. The molecule has 0 spiro atoms. The number of nitrogens with one attached hydrogen (secondary N) is 3. The van der Waals surface area contributed by atoms with Crippen LogP contribution >= 0.6 is 0 Å². The van der Waals surface area contributed by atoms with E-state index in [-0.39, 0.29) is 0 Å². The lowest BCUT2D eigenvalue weighted by Gasteiger charge is -2.10. The number of aromatic nitrogens is 3. The van der Waals surface area contributed by atoms with Crippen molar-refractivity contribution in [2.24, 2.45) is 0 Å². The minimum absolute atomic E-state index is 0.325. The number of amides is 2. The van der Waals surface area contributed by atoms with Crippen LogP contribution in [0.2, 0.25) is 0 Å². The van der Waals surface area contributed by atoms with Gasteiger partial charge in [0.1, 0.15) is 29.6 Å². The van der Waals surface area contributed by atoms with E-state index in [0.29, 0.717) is 40.7 Å². The van der Waals surface area contributed by atoms with Gasteiger partial charge in [0.25, 0.3) is 0 Å². The van der Waals surface area contributed by atoms with Crippen LogP contribution in [0.25, 0.3) is 10.9 Å². The number of fused-ring (bicyclic) bond motifs is 1. The minimum atomic E-state index is -0.462. The van der Waals surface area contributed by atoms with Gasteiger partial charge in [-0.05, 0) is 32.0 Å². The summed E-state index contributed by atoms with van der Waals surface area (Å²) in [6.07, 6.45) is 0. The molecule has 10 heteroatoms. The summed E-state index contributed by atoms with van der Waals surface area (Å²) in [5.41, 5.74) is 2.97. The summed E-state index contributed by atoms with van der Waals surface area (Å²) in [6, 6.07) is 10.1. The zero-order chi connectivity index (χ0) is 22.7. The van der Waals surface area contributed by atoms with E-state index in [0.717, 1.165) is 22.5 Å². The van der Waals surface area contributed by atoms with Crippen LogP contribution < -0.4 is 24.8 Å². The quantitative estimate of drug-likeness (QED) is 0.391. The number of H-pyrrole nitrogens is 1. The Labute approximate surface area is 183 Å². The number of rotatable bonds is 7. The number of benzene rings is 2. The molecule has 2 heterocycles. The molecule has 10 nitrogen and oxygen atoms in total. The van der Waals surface area contributed by atoms with Gasteiger partial charge in [-0.15, -0.1) is 0 Å². The van der Waals surface area contributed by atoms with Gasteiger partial charge in [0.2, 0.25) is 0 Å². The largest absolute Gasteiger partial charge is 0.497 e. The molecule has 0 atom stereocenters. The van der Waals surface area contributed by atoms with E-state index in [1.165, 1.54) is 0 Å². The van der Waals surface area contributed by atoms with Gasteiger partial charge in [0.15, 0.2) is 5.82 Å². The van der Waals surface area contributed by atoms with Crippen LogP contribution in [0, 0.1) is 13.8 Å². The Morgan fingerprint density at radius 1 is 1.03 bits per heavy atom. The van der Waals surface area contributed by atoms with E-state index >= 15 is 0 Å². The van der Waals surface area contributed by atoms with Gasteiger partial charge in [0, 0.05) is 29.3 Å². The van der Waals surface area contributed by atoms with E-state index in [4.69, 9.17) is 18.7 Å². The minimum Gasteiger partial charge on any atom is -0.497 e. The lowest BCUT2D eigenvalue weighted by Crippen LogP contribution is -2.19. The second-order valence-electron chi connectivity index (χ2n) is 7.05. The standard InChI is InChI=1S/C22H23N5O5/c1-12-19(13(2)32-27-12)11-31-15-5-6-20-18(10-15)21(26-25-20)24-22(28)23-14-7-16(29-3)9-17(8-14)30-4/h5-10H,11H2,1-4H3,(H3,23,24,25,26,28). The first-order valence-corrected chi connectivity index (χ1v) is 9.80. The Kier molecular flexibility index (Phi) is 5.84. The van der Waals surface area contributed by atoms with Crippen LogP contribution in [0.5, 0.6) is 17.2 Å². The summed E-state index contributed by atoms with van der Waals surface area (Å²) in [4.78, 5) is 12.6. The highest BCUT2D eigenvalue weighted by molar-refractivity contribution is 6.04. The first-order valence-electron chi connectivity index (χ1n) is 9.80. The third kappa shape index (κ3) is 4.43. The highest BCUT2D eigenvalue weighted by Crippen LogP contribution is 2.28. The van der Waals surface area contributed by atoms with Crippen molar-refractivity contribution in [3.05, 3.63) is 53.4 Å². The fourth-order valence-corrected chi connectivity index (χ4v) is 3.19. The summed E-state index contributed by atoms with van der Waals surface area (Å²) in [7, 11) is 3.08. The van der Waals surface area contributed by atoms with Crippen LogP contribution in [0.15, 0.2) is 40.9 Å². The fraction of sp³-hybridized carbons (Fsp3) is 0.227. The third-order valence-corrected chi connectivity index (χ3v) is 4.94. The van der Waals surface area contributed by atoms with Crippen molar-refractivity contribution in [3.8, 4) is 17.2 Å². The van der Waals surface area contributed by atoms with Crippen molar-refractivity contribution < 1.29 is 23.5 Å². The molecule has 0 saturated carbocycles. The average molecular weight is 437 g/mol. The molecule has 2 amide bonds. The number of nitrogens with zero attached hydrogens (tertiary/aromatic N) is 2. The Balaban J connectivity index is 1.48. The van der Waals surface area contributed by atoms with Crippen molar-refractivity contribution in [2.45, 2.75) is 20.5 Å². The van der Waals surface area contributed by atoms with E-state index in [2.05, 4.69) is 26.0 Å². The van der Waals surface area contributed by atoms with E-state index in [9.17, 15) is 4.79 Å². The number of ether oxygens (including phenoxy) is 3. The van der Waals surface area contributed by atoms with Crippen LogP contribution in [0.1, 0.15) is 17.0 Å². The zero-order valence-electron chi connectivity index (χ0n) is 18.1. The molecule has 2 aromatic heterocycles. The van der Waals surface area contributed by atoms with Gasteiger partial charge in [-0.2, -0.15) is 5.10 Å². The monoisotopic (exact) mass is 437 g/mol. The number of hydrogen-bond donors (Lipinski definition) is 3. The van der Waals surface area contributed by atoms with Gasteiger partial charge >= 0.3 is 6.03 Å². The predicted molar refractivity (Wildman–Crippen MR) is 119 cm³/mol. The molecule has 3 N–H and O–H groups in total. The predicted octanol–water partition coefficient (Wildman–Crippen LogP) is 4.41. The number of methoxy groups -OCH3 is 2. The first kappa shape index (κ1) is 21.0. The average Bonchev–Trinajstić information content (AvgIpc) is 3.33. The highest BCUT2D eigenvalue weighted by Gasteiger charge is 2.13. The van der Waals surface area contributed by atoms with Crippen LogP contribution in [-0.4, -0.2) is 35.6 Å². The molecule has 0 aliphatic rings. The van der Waals surface area contributed by atoms with Crippen LogP contribution in [0.3, 0.4) is 0 Å². The van der Waals surface area contributed by atoms with Crippen molar-refractivity contribution in [1.29, 1.82) is 0 Å². The summed E-state index contributed by atoms with van der Waals surface area (Å²) >= 11 is 0. The topological polar surface area (TPSA) is 124 Å². The molecule has 166 valence electrons. The number of carbonyl (C=O) groups excluding carboxylic acids is 1. The Bertz CT molecular complexity index is 1220. The number of urea groups is 1.